The van der Waals surface area contributed by atoms with Gasteiger partial charge < -0.3 is 10.2 Å². The van der Waals surface area contributed by atoms with E-state index in [-0.39, 0.29) is 34.5 Å². The number of ketones is 1. The maximum Gasteiger partial charge on any atom is 0.196 e. The molecule has 0 amide bonds. The Morgan fingerprint density at radius 3 is 2.12 bits per heavy atom. The molecule has 134 valence electrons. The average molecular weight is 340 g/mol. The summed E-state index contributed by atoms with van der Waals surface area (Å²) >= 11 is 0. The maximum absolute atomic E-state index is 12.9. The molecule has 0 radical (unpaired) electrons. The highest BCUT2D eigenvalue weighted by molar-refractivity contribution is 6.11. The molecule has 0 aromatic heterocycles. The van der Waals surface area contributed by atoms with Gasteiger partial charge >= 0.3 is 0 Å². The Balaban J connectivity index is 2.58. The van der Waals surface area contributed by atoms with Gasteiger partial charge in [-0.15, -0.1) is 0 Å². The second-order valence-electron chi connectivity index (χ2n) is 8.51. The Labute approximate surface area is 150 Å². The van der Waals surface area contributed by atoms with Crippen molar-refractivity contribution in [3.05, 3.63) is 64.7 Å². The van der Waals surface area contributed by atoms with Crippen molar-refractivity contribution in [2.24, 2.45) is 5.41 Å². The summed E-state index contributed by atoms with van der Waals surface area (Å²) in [5, 5.41) is 20.5. The Morgan fingerprint density at radius 1 is 1.00 bits per heavy atom. The van der Waals surface area contributed by atoms with Crippen molar-refractivity contribution >= 4 is 5.78 Å². The van der Waals surface area contributed by atoms with Gasteiger partial charge in [0.25, 0.3) is 0 Å². The topological polar surface area (TPSA) is 57.5 Å². The lowest BCUT2D eigenvalue weighted by Gasteiger charge is -2.34. The van der Waals surface area contributed by atoms with Crippen LogP contribution in [0.1, 0.15) is 68.1 Å². The van der Waals surface area contributed by atoms with Gasteiger partial charge in [0.05, 0.1) is 12.2 Å². The van der Waals surface area contributed by atoms with E-state index in [1.54, 1.807) is 30.3 Å². The standard InChI is InChI=1S/C22H28O3/c1-21(2,3)14-22(4,5)18-12-15(13-23)11-17(20(18)25)19(24)16-9-7-6-8-10-16/h6-12,23,25H,13-14H2,1-5H3. The van der Waals surface area contributed by atoms with E-state index in [9.17, 15) is 15.0 Å². The molecule has 0 bridgehead atoms. The van der Waals surface area contributed by atoms with Crippen LogP contribution in [0.5, 0.6) is 5.75 Å². The van der Waals surface area contributed by atoms with Gasteiger partial charge in [-0.1, -0.05) is 65.0 Å². The Bertz CT molecular complexity index is 753. The van der Waals surface area contributed by atoms with Crippen LogP contribution in [0.3, 0.4) is 0 Å². The summed E-state index contributed by atoms with van der Waals surface area (Å²) in [6.07, 6.45) is 0.835. The highest BCUT2D eigenvalue weighted by Gasteiger charge is 2.31. The number of phenols is 1. The first kappa shape index (κ1) is 19.2. The molecule has 0 unspecified atom stereocenters. The van der Waals surface area contributed by atoms with Crippen LogP contribution >= 0.6 is 0 Å². The third kappa shape index (κ3) is 4.49. The fraction of sp³-hybridized carbons (Fsp3) is 0.409. The van der Waals surface area contributed by atoms with Crippen LogP contribution in [-0.4, -0.2) is 16.0 Å². The van der Waals surface area contributed by atoms with Gasteiger partial charge in [0.15, 0.2) is 5.78 Å². The molecule has 0 aliphatic rings. The summed E-state index contributed by atoms with van der Waals surface area (Å²) in [4.78, 5) is 12.9. The zero-order chi connectivity index (χ0) is 18.8. The van der Waals surface area contributed by atoms with Crippen molar-refractivity contribution in [3.8, 4) is 5.75 Å². The number of carbonyl (C=O) groups excluding carboxylic acids is 1. The fourth-order valence-corrected chi connectivity index (χ4v) is 3.64. The molecule has 2 aromatic carbocycles. The van der Waals surface area contributed by atoms with Crippen LogP contribution in [0.25, 0.3) is 0 Å². The minimum atomic E-state index is -0.334. The normalized spacial score (nSPS) is 12.2. The van der Waals surface area contributed by atoms with Gasteiger partial charge in [-0.3, -0.25) is 4.79 Å². The highest BCUT2D eigenvalue weighted by atomic mass is 16.3. The molecule has 2 rings (SSSR count). The van der Waals surface area contributed by atoms with Crippen LogP contribution in [0.4, 0.5) is 0 Å². The summed E-state index contributed by atoms with van der Waals surface area (Å²) in [5.41, 5.74) is 1.83. The molecule has 0 atom stereocenters. The third-order valence-corrected chi connectivity index (χ3v) is 4.33. The van der Waals surface area contributed by atoms with Crippen molar-refractivity contribution < 1.29 is 15.0 Å². The van der Waals surface area contributed by atoms with E-state index in [0.29, 0.717) is 16.7 Å². The molecule has 0 heterocycles. The second-order valence-corrected chi connectivity index (χ2v) is 8.51. The lowest BCUT2D eigenvalue weighted by Crippen LogP contribution is -2.25. The second kappa shape index (κ2) is 7.01. The molecule has 0 saturated heterocycles. The Hall–Kier alpha value is -2.13. The minimum absolute atomic E-state index is 0.0142. The van der Waals surface area contributed by atoms with Gasteiger partial charge in [0, 0.05) is 11.1 Å². The van der Waals surface area contributed by atoms with E-state index >= 15 is 0 Å². The summed E-state index contributed by atoms with van der Waals surface area (Å²) in [6, 6.07) is 12.3. The minimum Gasteiger partial charge on any atom is -0.507 e. The number of phenolic OH excluding ortho intramolecular Hbond substituents is 1. The first-order chi connectivity index (χ1) is 11.5. The lowest BCUT2D eigenvalue weighted by molar-refractivity contribution is 0.103. The van der Waals surface area contributed by atoms with E-state index in [1.807, 2.05) is 12.1 Å². The molecular formula is C22H28O3. The Kier molecular flexibility index (Phi) is 5.38. The average Bonchev–Trinajstić information content (AvgIpc) is 2.53. The van der Waals surface area contributed by atoms with Crippen LogP contribution in [0.2, 0.25) is 0 Å². The number of carbonyl (C=O) groups is 1. The van der Waals surface area contributed by atoms with Crippen LogP contribution in [0, 0.1) is 5.41 Å². The Morgan fingerprint density at radius 2 is 1.60 bits per heavy atom. The van der Waals surface area contributed by atoms with E-state index in [1.165, 1.54) is 0 Å². The predicted octanol–water partition coefficient (Wildman–Crippen LogP) is 4.83. The van der Waals surface area contributed by atoms with E-state index in [0.717, 1.165) is 6.42 Å². The van der Waals surface area contributed by atoms with Crippen molar-refractivity contribution in [3.63, 3.8) is 0 Å². The number of aromatic hydroxyl groups is 1. The van der Waals surface area contributed by atoms with E-state index in [2.05, 4.69) is 34.6 Å². The molecule has 3 nitrogen and oxygen atoms in total. The smallest absolute Gasteiger partial charge is 0.196 e. The zero-order valence-electron chi connectivity index (χ0n) is 15.8. The maximum atomic E-state index is 12.9. The third-order valence-electron chi connectivity index (χ3n) is 4.33. The van der Waals surface area contributed by atoms with Gasteiger partial charge in [-0.2, -0.15) is 0 Å². The van der Waals surface area contributed by atoms with E-state index < -0.39 is 0 Å². The van der Waals surface area contributed by atoms with E-state index in [4.69, 9.17) is 0 Å². The molecule has 0 saturated carbocycles. The number of hydrogen-bond donors (Lipinski definition) is 2. The molecule has 0 aliphatic heterocycles. The summed E-state index contributed by atoms with van der Waals surface area (Å²) in [5.74, 6) is -0.221. The van der Waals surface area contributed by atoms with Gasteiger partial charge in [0.2, 0.25) is 0 Å². The molecular weight excluding hydrogens is 312 g/mol. The predicted molar refractivity (Wildman–Crippen MR) is 101 cm³/mol. The molecule has 3 heteroatoms. The highest BCUT2D eigenvalue weighted by Crippen LogP contribution is 2.42. The van der Waals surface area contributed by atoms with Crippen molar-refractivity contribution in [2.45, 2.75) is 53.1 Å². The molecule has 0 fully saturated rings. The quantitative estimate of drug-likeness (QED) is 0.767. The summed E-state index contributed by atoms with van der Waals surface area (Å²) in [7, 11) is 0. The number of aliphatic hydroxyl groups is 1. The first-order valence-electron chi connectivity index (χ1n) is 8.62. The van der Waals surface area contributed by atoms with Crippen LogP contribution in [0.15, 0.2) is 42.5 Å². The van der Waals surface area contributed by atoms with Gasteiger partial charge in [0.1, 0.15) is 5.75 Å². The lowest BCUT2D eigenvalue weighted by atomic mass is 9.71. The fourth-order valence-electron chi connectivity index (χ4n) is 3.64. The van der Waals surface area contributed by atoms with Gasteiger partial charge in [-0.25, -0.2) is 0 Å². The first-order valence-corrected chi connectivity index (χ1v) is 8.62. The largest absolute Gasteiger partial charge is 0.507 e. The number of benzene rings is 2. The monoisotopic (exact) mass is 340 g/mol. The number of hydrogen-bond acceptors (Lipinski definition) is 3. The molecule has 2 aromatic rings. The molecule has 0 spiro atoms. The summed E-state index contributed by atoms with van der Waals surface area (Å²) in [6.45, 7) is 10.4. The molecule has 2 N–H and O–H groups in total. The van der Waals surface area contributed by atoms with Crippen molar-refractivity contribution in [1.82, 2.24) is 0 Å². The van der Waals surface area contributed by atoms with Crippen LogP contribution in [-0.2, 0) is 12.0 Å². The number of rotatable bonds is 5. The molecule has 25 heavy (non-hydrogen) atoms. The zero-order valence-corrected chi connectivity index (χ0v) is 15.8. The van der Waals surface area contributed by atoms with Crippen molar-refractivity contribution in [2.75, 3.05) is 0 Å². The molecule has 0 aliphatic carbocycles. The number of aliphatic hydroxyl groups excluding tert-OH is 1. The van der Waals surface area contributed by atoms with Crippen LogP contribution < -0.4 is 0 Å². The van der Waals surface area contributed by atoms with Crippen molar-refractivity contribution in [1.29, 1.82) is 0 Å². The van der Waals surface area contributed by atoms with Gasteiger partial charge in [-0.05, 0) is 34.9 Å². The summed E-state index contributed by atoms with van der Waals surface area (Å²) < 4.78 is 0. The SMILES string of the molecule is CC(C)(C)CC(C)(C)c1cc(CO)cc(C(=O)c2ccccc2)c1O.